The van der Waals surface area contributed by atoms with Gasteiger partial charge in [0.15, 0.2) is 18.1 Å². The van der Waals surface area contributed by atoms with Gasteiger partial charge in [0, 0.05) is 13.1 Å². The molecule has 154 valence electrons. The maximum Gasteiger partial charge on any atom is 0.258 e. The number of carbonyl (C=O) groups excluding carboxylic acids is 1. The number of amides is 1. The molecular weight excluding hydrogens is 364 g/mol. The highest BCUT2D eigenvalue weighted by Crippen LogP contribution is 2.28. The van der Waals surface area contributed by atoms with Gasteiger partial charge >= 0.3 is 0 Å². The van der Waals surface area contributed by atoms with Crippen molar-refractivity contribution in [3.63, 3.8) is 0 Å². The number of nitrogens with one attached hydrogen (secondary N) is 1. The minimum atomic E-state index is -0.161. The molecule has 0 saturated carbocycles. The van der Waals surface area contributed by atoms with E-state index in [1.54, 1.807) is 7.11 Å². The zero-order valence-corrected chi connectivity index (χ0v) is 17.3. The van der Waals surface area contributed by atoms with Gasteiger partial charge in [0.05, 0.1) is 7.11 Å². The molecule has 0 atom stereocenters. The first kappa shape index (κ1) is 20.9. The molecule has 2 aromatic rings. The standard InChI is InChI=1S/C24H30N2O3/c1-3-6-19-11-12-22(23(15-19)28-2)29-18-24(27)25-16-20-7-9-21(10-8-20)17-26-13-4-5-14-26/h3,6-12,15H,4-5,13-14,16-18H2,1-2H3,(H,25,27)/b6-3+. The summed E-state index contributed by atoms with van der Waals surface area (Å²) < 4.78 is 11.0. The second-order valence-corrected chi connectivity index (χ2v) is 7.28. The highest BCUT2D eigenvalue weighted by Gasteiger charge is 2.12. The summed E-state index contributed by atoms with van der Waals surface area (Å²) in [5.74, 6) is 1.01. The molecule has 0 bridgehead atoms. The molecule has 1 aliphatic rings. The van der Waals surface area contributed by atoms with Gasteiger partial charge in [-0.1, -0.05) is 42.5 Å². The van der Waals surface area contributed by atoms with Crippen LogP contribution in [-0.4, -0.2) is 37.6 Å². The van der Waals surface area contributed by atoms with Crippen LogP contribution in [0, 0.1) is 0 Å². The normalized spacial score (nSPS) is 14.3. The minimum Gasteiger partial charge on any atom is -0.493 e. The van der Waals surface area contributed by atoms with Crippen molar-refractivity contribution in [3.05, 3.63) is 65.2 Å². The van der Waals surface area contributed by atoms with Crippen molar-refractivity contribution in [2.24, 2.45) is 0 Å². The number of nitrogens with zero attached hydrogens (tertiary/aromatic N) is 1. The van der Waals surface area contributed by atoms with Gasteiger partial charge in [-0.2, -0.15) is 0 Å². The highest BCUT2D eigenvalue weighted by molar-refractivity contribution is 5.77. The Labute approximate surface area is 173 Å². The van der Waals surface area contributed by atoms with Crippen molar-refractivity contribution in [1.82, 2.24) is 10.2 Å². The van der Waals surface area contributed by atoms with E-state index >= 15 is 0 Å². The second kappa shape index (κ2) is 10.7. The molecule has 5 heteroatoms. The highest BCUT2D eigenvalue weighted by atomic mass is 16.5. The molecule has 0 unspecified atom stereocenters. The fourth-order valence-electron chi connectivity index (χ4n) is 3.46. The van der Waals surface area contributed by atoms with E-state index in [0.29, 0.717) is 18.0 Å². The average molecular weight is 395 g/mol. The summed E-state index contributed by atoms with van der Waals surface area (Å²) in [5.41, 5.74) is 3.42. The lowest BCUT2D eigenvalue weighted by atomic mass is 10.1. The molecule has 0 spiro atoms. The van der Waals surface area contributed by atoms with Crippen molar-refractivity contribution < 1.29 is 14.3 Å². The Morgan fingerprint density at radius 3 is 2.48 bits per heavy atom. The molecule has 29 heavy (non-hydrogen) atoms. The molecule has 0 aliphatic carbocycles. The van der Waals surface area contributed by atoms with Crippen molar-refractivity contribution in [2.75, 3.05) is 26.8 Å². The van der Waals surface area contributed by atoms with E-state index < -0.39 is 0 Å². The first-order chi connectivity index (χ1) is 14.2. The number of allylic oxidation sites excluding steroid dienone is 1. The molecule has 0 aromatic heterocycles. The third kappa shape index (κ3) is 6.36. The zero-order valence-electron chi connectivity index (χ0n) is 17.3. The number of likely N-dealkylation sites (tertiary alicyclic amines) is 1. The molecule has 1 amide bonds. The Hall–Kier alpha value is -2.79. The summed E-state index contributed by atoms with van der Waals surface area (Å²) >= 11 is 0. The topological polar surface area (TPSA) is 50.8 Å². The molecule has 0 radical (unpaired) electrons. The summed E-state index contributed by atoms with van der Waals surface area (Å²) in [7, 11) is 1.59. The fraction of sp³-hybridized carbons (Fsp3) is 0.375. The van der Waals surface area contributed by atoms with Crippen molar-refractivity contribution in [1.29, 1.82) is 0 Å². The van der Waals surface area contributed by atoms with E-state index in [-0.39, 0.29) is 12.5 Å². The second-order valence-electron chi connectivity index (χ2n) is 7.28. The summed E-state index contributed by atoms with van der Waals surface area (Å²) in [5, 5.41) is 2.90. The monoisotopic (exact) mass is 394 g/mol. The van der Waals surface area contributed by atoms with E-state index in [4.69, 9.17) is 9.47 Å². The van der Waals surface area contributed by atoms with Crippen LogP contribution in [0.15, 0.2) is 48.5 Å². The van der Waals surface area contributed by atoms with Gasteiger partial charge in [-0.15, -0.1) is 0 Å². The average Bonchev–Trinajstić information content (AvgIpc) is 3.25. The third-order valence-electron chi connectivity index (χ3n) is 5.02. The molecule has 3 rings (SSSR count). The lowest BCUT2D eigenvalue weighted by Gasteiger charge is -2.15. The van der Waals surface area contributed by atoms with Crippen LogP contribution in [0.25, 0.3) is 6.08 Å². The molecule has 2 aromatic carbocycles. The van der Waals surface area contributed by atoms with Crippen molar-refractivity contribution in [3.8, 4) is 11.5 Å². The SMILES string of the molecule is C/C=C/c1ccc(OCC(=O)NCc2ccc(CN3CCCC3)cc2)c(OC)c1. The van der Waals surface area contributed by atoms with Crippen LogP contribution in [0.4, 0.5) is 0 Å². The fourth-order valence-corrected chi connectivity index (χ4v) is 3.46. The number of methoxy groups -OCH3 is 1. The largest absolute Gasteiger partial charge is 0.493 e. The predicted molar refractivity (Wildman–Crippen MR) is 116 cm³/mol. The van der Waals surface area contributed by atoms with Crippen LogP contribution >= 0.6 is 0 Å². The lowest BCUT2D eigenvalue weighted by Crippen LogP contribution is -2.28. The van der Waals surface area contributed by atoms with Gasteiger partial charge < -0.3 is 14.8 Å². The molecule has 1 saturated heterocycles. The van der Waals surface area contributed by atoms with Crippen molar-refractivity contribution in [2.45, 2.75) is 32.9 Å². The van der Waals surface area contributed by atoms with E-state index in [1.807, 2.05) is 37.3 Å². The Morgan fingerprint density at radius 2 is 1.79 bits per heavy atom. The molecule has 1 N–H and O–H groups in total. The van der Waals surface area contributed by atoms with Crippen molar-refractivity contribution >= 4 is 12.0 Å². The first-order valence-corrected chi connectivity index (χ1v) is 10.2. The van der Waals surface area contributed by atoms with Gasteiger partial charge in [0.2, 0.25) is 0 Å². The summed E-state index contributed by atoms with van der Waals surface area (Å²) in [6, 6.07) is 14.1. The van der Waals surface area contributed by atoms with Gasteiger partial charge in [-0.3, -0.25) is 9.69 Å². The Kier molecular flexibility index (Phi) is 7.70. The maximum absolute atomic E-state index is 12.2. The first-order valence-electron chi connectivity index (χ1n) is 10.2. The Bertz CT molecular complexity index is 825. The van der Waals surface area contributed by atoms with Crippen LogP contribution in [0.1, 0.15) is 36.5 Å². The Morgan fingerprint density at radius 1 is 1.07 bits per heavy atom. The third-order valence-corrected chi connectivity index (χ3v) is 5.02. The molecule has 1 fully saturated rings. The van der Waals surface area contributed by atoms with E-state index in [2.05, 4.69) is 34.5 Å². The van der Waals surface area contributed by atoms with Gasteiger partial charge in [-0.05, 0) is 61.7 Å². The summed E-state index contributed by atoms with van der Waals surface area (Å²) in [6.45, 7) is 5.80. The van der Waals surface area contributed by atoms with Gasteiger partial charge in [0.25, 0.3) is 5.91 Å². The van der Waals surface area contributed by atoms with Crippen LogP contribution in [-0.2, 0) is 17.9 Å². The Balaban J connectivity index is 1.45. The van der Waals surface area contributed by atoms with E-state index in [9.17, 15) is 4.79 Å². The van der Waals surface area contributed by atoms with Crippen LogP contribution in [0.3, 0.4) is 0 Å². The number of ether oxygens (including phenoxy) is 2. The molecule has 1 heterocycles. The number of benzene rings is 2. The quantitative estimate of drug-likeness (QED) is 0.698. The van der Waals surface area contributed by atoms with Crippen LogP contribution in [0.5, 0.6) is 11.5 Å². The number of hydrogen-bond donors (Lipinski definition) is 1. The van der Waals surface area contributed by atoms with E-state index in [1.165, 1.54) is 31.5 Å². The van der Waals surface area contributed by atoms with E-state index in [0.717, 1.165) is 17.7 Å². The predicted octanol–water partition coefficient (Wildman–Crippen LogP) is 4.02. The summed E-state index contributed by atoms with van der Waals surface area (Å²) in [4.78, 5) is 14.6. The van der Waals surface area contributed by atoms with Gasteiger partial charge in [0.1, 0.15) is 0 Å². The van der Waals surface area contributed by atoms with Crippen LogP contribution in [0.2, 0.25) is 0 Å². The van der Waals surface area contributed by atoms with Crippen LogP contribution < -0.4 is 14.8 Å². The molecule has 1 aliphatic heterocycles. The minimum absolute atomic E-state index is 0.0492. The smallest absolute Gasteiger partial charge is 0.258 e. The van der Waals surface area contributed by atoms with Gasteiger partial charge in [-0.25, -0.2) is 0 Å². The number of rotatable bonds is 9. The molecular formula is C24H30N2O3. The summed E-state index contributed by atoms with van der Waals surface area (Å²) in [6.07, 6.45) is 6.55. The molecule has 5 nitrogen and oxygen atoms in total. The zero-order chi connectivity index (χ0) is 20.5. The number of hydrogen-bond acceptors (Lipinski definition) is 4. The number of carbonyl (C=O) groups is 1. The lowest BCUT2D eigenvalue weighted by molar-refractivity contribution is -0.123. The maximum atomic E-state index is 12.2.